The Morgan fingerprint density at radius 3 is 1.60 bits per heavy atom. The van der Waals surface area contributed by atoms with Crippen LogP contribution in [0.15, 0.2) is 40.9 Å². The largest absolute Gasteiger partial charge is 0.427 e. The monoisotopic (exact) mass is 717 g/mol. The molecule has 5 radical (unpaired) electrons. The molecule has 6 rings (SSSR count). The fraction of sp³-hybridized carbons (Fsp3) is 0.400. The van der Waals surface area contributed by atoms with Gasteiger partial charge < -0.3 is 26.4 Å². The Kier molecular flexibility index (Phi) is 11.7. The van der Waals surface area contributed by atoms with E-state index in [1.54, 1.807) is 0 Å². The van der Waals surface area contributed by atoms with Gasteiger partial charge in [-0.1, -0.05) is 65.2 Å². The first-order valence-corrected chi connectivity index (χ1v) is 14.5. The van der Waals surface area contributed by atoms with Crippen LogP contribution in [0.2, 0.25) is 0 Å². The third kappa shape index (κ3) is 8.43. The van der Waals surface area contributed by atoms with Gasteiger partial charge >= 0.3 is 24.4 Å². The molecule has 2 atom stereocenters. The Bertz CT molecular complexity index is 1630. The summed E-state index contributed by atoms with van der Waals surface area (Å²) in [6, 6.07) is 6.33. The number of halogens is 7. The van der Waals surface area contributed by atoms with Crippen LogP contribution in [-0.2, 0) is 17.7 Å². The highest BCUT2D eigenvalue weighted by atomic mass is 79.9. The van der Waals surface area contributed by atoms with Crippen molar-refractivity contribution >= 4 is 61.9 Å². The van der Waals surface area contributed by atoms with Crippen LogP contribution in [0, 0.1) is 35.5 Å². The number of hydrogen-bond donors (Lipinski definition) is 5. The molecule has 0 saturated heterocycles. The predicted molar refractivity (Wildman–Crippen MR) is 171 cm³/mol. The van der Waals surface area contributed by atoms with Crippen molar-refractivity contribution in [2.24, 2.45) is 11.8 Å². The number of fused-ring (bicyclic) bond motifs is 2. The van der Waals surface area contributed by atoms with E-state index in [0.717, 1.165) is 32.7 Å². The molecule has 243 valence electrons. The van der Waals surface area contributed by atoms with Crippen LogP contribution in [0.3, 0.4) is 0 Å². The van der Waals surface area contributed by atoms with Gasteiger partial charge in [-0.2, -0.15) is 26.3 Å². The molecule has 47 heavy (non-hydrogen) atoms. The highest BCUT2D eigenvalue weighted by molar-refractivity contribution is 9.10. The first-order valence-electron chi connectivity index (χ1n) is 13.8. The summed E-state index contributed by atoms with van der Waals surface area (Å²) in [5.41, 5.74) is -5.11. The molecule has 0 aromatic heterocycles. The van der Waals surface area contributed by atoms with Crippen molar-refractivity contribution in [3.05, 3.63) is 57.6 Å². The first kappa shape index (κ1) is 37.8. The molecule has 0 spiro atoms. The lowest BCUT2D eigenvalue weighted by molar-refractivity contribution is -0.179. The number of carbonyl (C=O) groups excluding carboxylic acids is 2. The number of hydrogen-bond acceptors (Lipinski definition) is 3. The molecule has 2 aliphatic carbocycles. The Labute approximate surface area is 279 Å². The molecule has 2 unspecified atom stereocenters. The van der Waals surface area contributed by atoms with Crippen LogP contribution in [0.25, 0.3) is 0 Å². The molecular weight excluding hydrogens is 691 g/mol. The van der Waals surface area contributed by atoms with Gasteiger partial charge in [-0.25, -0.2) is 9.59 Å². The van der Waals surface area contributed by atoms with Crippen molar-refractivity contribution in [1.29, 1.82) is 0 Å². The highest BCUT2D eigenvalue weighted by Gasteiger charge is 2.60. The van der Waals surface area contributed by atoms with Crippen LogP contribution < -0.4 is 21.3 Å². The molecule has 17 heteroatoms. The van der Waals surface area contributed by atoms with Crippen LogP contribution >= 0.6 is 15.9 Å². The molecule has 7 nitrogen and oxygen atoms in total. The third-order valence-electron chi connectivity index (χ3n) is 7.09. The molecule has 4 aliphatic rings. The number of rotatable bonds is 1. The van der Waals surface area contributed by atoms with Gasteiger partial charge in [0, 0.05) is 55.7 Å². The second-order valence-corrected chi connectivity index (χ2v) is 11.6. The zero-order chi connectivity index (χ0) is 33.9. The number of aliphatic hydroxyl groups is 1. The summed E-state index contributed by atoms with van der Waals surface area (Å²) in [5.74, 6) is 9.72. The number of nitrogens with one attached hydrogen (secondary N) is 4. The second-order valence-electron chi connectivity index (χ2n) is 10.7. The molecule has 0 bridgehead atoms. The molecule has 2 aromatic carbocycles. The Morgan fingerprint density at radius 2 is 1.21 bits per heavy atom. The molecule has 5 N–H and O–H groups in total. The lowest BCUT2D eigenvalue weighted by Crippen LogP contribution is -2.59. The van der Waals surface area contributed by atoms with Gasteiger partial charge in [-0.3, -0.25) is 0 Å². The molecular formula is C30H27B3BrF6N4O3. The van der Waals surface area contributed by atoms with Gasteiger partial charge in [-0.05, 0) is 49.4 Å². The van der Waals surface area contributed by atoms with E-state index in [1.165, 1.54) is 36.4 Å². The van der Waals surface area contributed by atoms with Gasteiger partial charge in [-0.15, -0.1) is 0 Å². The predicted octanol–water partition coefficient (Wildman–Crippen LogP) is 5.73. The highest BCUT2D eigenvalue weighted by Crippen LogP contribution is 2.46. The minimum absolute atomic E-state index is 0. The van der Waals surface area contributed by atoms with Gasteiger partial charge in [0.15, 0.2) is 0 Å². The van der Waals surface area contributed by atoms with Crippen molar-refractivity contribution < 1.29 is 41.0 Å². The lowest BCUT2D eigenvalue weighted by atomic mass is 9.40. The number of benzene rings is 2. The Balaban J connectivity index is 0.000000232. The van der Waals surface area contributed by atoms with E-state index in [9.17, 15) is 35.9 Å². The van der Waals surface area contributed by atoms with Crippen molar-refractivity contribution in [2.75, 3.05) is 10.6 Å². The van der Waals surface area contributed by atoms with Crippen molar-refractivity contribution in [1.82, 2.24) is 10.6 Å². The van der Waals surface area contributed by atoms with E-state index in [2.05, 4.69) is 65.7 Å². The van der Waals surface area contributed by atoms with E-state index in [0.29, 0.717) is 10.0 Å². The minimum Gasteiger partial charge on any atom is -0.392 e. The van der Waals surface area contributed by atoms with Gasteiger partial charge in [0.2, 0.25) is 11.1 Å². The van der Waals surface area contributed by atoms with Crippen LogP contribution in [0.1, 0.15) is 49.8 Å². The lowest BCUT2D eigenvalue weighted by Gasteiger charge is -2.37. The maximum absolute atomic E-state index is 13.7. The van der Waals surface area contributed by atoms with E-state index in [1.807, 2.05) is 10.6 Å². The zero-order valence-electron chi connectivity index (χ0n) is 23.8. The van der Waals surface area contributed by atoms with Gasteiger partial charge in [0.05, 0.1) is 12.3 Å². The van der Waals surface area contributed by atoms with Crippen LogP contribution in [0.4, 0.5) is 47.3 Å². The van der Waals surface area contributed by atoms with E-state index in [4.69, 9.17) is 5.11 Å². The number of aliphatic hydroxyl groups excluding tert-OH is 1. The van der Waals surface area contributed by atoms with Crippen molar-refractivity contribution in [3.8, 4) is 23.7 Å². The first-order chi connectivity index (χ1) is 21.6. The number of anilines is 2. The average molecular weight is 718 g/mol. The van der Waals surface area contributed by atoms with E-state index >= 15 is 0 Å². The number of carbonyl (C=O) groups is 2. The summed E-state index contributed by atoms with van der Waals surface area (Å²) in [7, 11) is 10.0. The average Bonchev–Trinajstić information content (AvgIpc) is 3.89. The summed E-state index contributed by atoms with van der Waals surface area (Å²) in [5, 5.41) is 17.7. The summed E-state index contributed by atoms with van der Waals surface area (Å²) in [4.78, 5) is 23.3. The zero-order valence-corrected chi connectivity index (χ0v) is 25.4. The van der Waals surface area contributed by atoms with Crippen LogP contribution in [-0.4, -0.2) is 52.1 Å². The quantitative estimate of drug-likeness (QED) is 0.148. The fourth-order valence-electron chi connectivity index (χ4n) is 4.51. The molecule has 2 fully saturated rings. The van der Waals surface area contributed by atoms with Crippen molar-refractivity contribution in [3.63, 3.8) is 0 Å². The van der Waals surface area contributed by atoms with Gasteiger partial charge in [0.25, 0.3) is 0 Å². The molecule has 2 aromatic rings. The SMILES string of the molecule is C.O=C1Nc2cc(Br)ccc2C(C#CC2CC2)(C(F)(F)F)N1.O=C1Nc2cc(CO)ccc2C(C#CC2CC2)(C(F)(F)F)N1.[B][B][B]. The topological polar surface area (TPSA) is 102 Å². The number of amides is 4. The molecule has 4 amide bonds. The minimum atomic E-state index is -4.76. The van der Waals surface area contributed by atoms with Gasteiger partial charge in [0.1, 0.15) is 0 Å². The van der Waals surface area contributed by atoms with E-state index in [-0.39, 0.29) is 48.4 Å². The molecule has 2 heterocycles. The summed E-state index contributed by atoms with van der Waals surface area (Å²) >= 11 is 3.18. The summed E-state index contributed by atoms with van der Waals surface area (Å²) in [6.45, 7) is -0.330. The van der Waals surface area contributed by atoms with E-state index < -0.39 is 35.5 Å². The number of urea groups is 2. The summed E-state index contributed by atoms with van der Waals surface area (Å²) in [6.07, 6.45) is -6.30. The normalized spacial score (nSPS) is 22.2. The summed E-state index contributed by atoms with van der Waals surface area (Å²) < 4.78 is 82.7. The smallest absolute Gasteiger partial charge is 0.392 e. The molecule has 2 aliphatic heterocycles. The second kappa shape index (κ2) is 14.6. The third-order valence-corrected chi connectivity index (χ3v) is 7.58. The maximum Gasteiger partial charge on any atom is 0.427 e. The number of alkyl halides is 6. The standard InChI is InChI=1S/C15H13F3N2O2.C14H10BrF3N2O.CH4.B3/c16-15(17,18)14(6-5-9-1-2-9)11-4-3-10(8-21)7-12(11)19-13(22)20-14;15-9-3-4-10-11(7-9)19-12(21)20-13(10,14(16,17)18)6-5-8-1-2-8;;1-3-2/h3-4,7,9,21H,1-2,8H2,(H2,19,20,22);3-4,7-8H,1-2H2,(H2,19,20,21);1H4;. The fourth-order valence-corrected chi connectivity index (χ4v) is 4.87. The Morgan fingerprint density at radius 1 is 0.809 bits per heavy atom. The van der Waals surface area contributed by atoms with Crippen LogP contribution in [0.5, 0.6) is 0 Å². The Hall–Kier alpha value is -3.69. The maximum atomic E-state index is 13.7. The van der Waals surface area contributed by atoms with Crippen molar-refractivity contribution in [2.45, 2.75) is 63.1 Å². The molecule has 2 saturated carbocycles.